The van der Waals surface area contributed by atoms with Crippen LogP contribution in [0.2, 0.25) is 0 Å². The van der Waals surface area contributed by atoms with E-state index < -0.39 is 0 Å². The zero-order valence-corrected chi connectivity index (χ0v) is 17.6. The van der Waals surface area contributed by atoms with Crippen LogP contribution in [0, 0.1) is 0 Å². The van der Waals surface area contributed by atoms with Crippen molar-refractivity contribution in [3.63, 3.8) is 0 Å². The van der Waals surface area contributed by atoms with Gasteiger partial charge in [0.15, 0.2) is 0 Å². The zero-order valence-electron chi connectivity index (χ0n) is 16.8. The van der Waals surface area contributed by atoms with Gasteiger partial charge in [-0.15, -0.1) is 12.4 Å². The molecule has 0 saturated heterocycles. The summed E-state index contributed by atoms with van der Waals surface area (Å²) in [4.78, 5) is 12.4. The molecule has 6 heteroatoms. The minimum atomic E-state index is -0.247. The van der Waals surface area contributed by atoms with Crippen LogP contribution in [0.3, 0.4) is 0 Å². The van der Waals surface area contributed by atoms with Gasteiger partial charge in [0.05, 0.1) is 6.61 Å². The molecule has 0 spiro atoms. The molecule has 3 N–H and O–H groups in total. The number of methoxy groups -OCH3 is 1. The molecular weight excluding hydrogens is 376 g/mol. The molecule has 0 bridgehead atoms. The summed E-state index contributed by atoms with van der Waals surface area (Å²) in [6, 6.07) is 15.1. The quantitative estimate of drug-likeness (QED) is 0.583. The van der Waals surface area contributed by atoms with Crippen LogP contribution in [-0.4, -0.2) is 32.8 Å². The van der Waals surface area contributed by atoms with Crippen molar-refractivity contribution < 1.29 is 14.3 Å². The molecule has 0 aliphatic rings. The van der Waals surface area contributed by atoms with Crippen molar-refractivity contribution in [2.75, 3.05) is 26.9 Å². The third-order valence-electron chi connectivity index (χ3n) is 4.37. The maximum absolute atomic E-state index is 12.4. The average molecular weight is 407 g/mol. The van der Waals surface area contributed by atoms with Crippen LogP contribution >= 0.6 is 12.4 Å². The van der Waals surface area contributed by atoms with E-state index in [1.807, 2.05) is 24.3 Å². The van der Waals surface area contributed by atoms with Gasteiger partial charge in [0.25, 0.3) is 5.91 Å². The average Bonchev–Trinajstić information content (AvgIpc) is 2.69. The Morgan fingerprint density at radius 3 is 2.39 bits per heavy atom. The van der Waals surface area contributed by atoms with Crippen molar-refractivity contribution in [3.05, 3.63) is 65.2 Å². The van der Waals surface area contributed by atoms with E-state index in [1.54, 1.807) is 19.2 Å². The second-order valence-electron chi connectivity index (χ2n) is 6.86. The van der Waals surface area contributed by atoms with Crippen LogP contribution in [0.5, 0.6) is 5.75 Å². The minimum absolute atomic E-state index is 0. The maximum Gasteiger partial charge on any atom is 0.251 e. The number of benzene rings is 2. The first kappa shape index (κ1) is 24.0. The molecule has 0 aliphatic carbocycles. The number of halogens is 1. The summed E-state index contributed by atoms with van der Waals surface area (Å²) in [5.41, 5.74) is 9.06. The molecule has 1 unspecified atom stereocenters. The smallest absolute Gasteiger partial charge is 0.251 e. The summed E-state index contributed by atoms with van der Waals surface area (Å²) in [5.74, 6) is 0.998. The molecule has 28 heavy (non-hydrogen) atoms. The standard InChI is InChI=1S/C22H30N2O3.ClH/c1-16(2)17-8-10-18(11-9-17)21(23)15-24-22(25)19-6-4-7-20(14-19)27-13-5-12-26-3;/h4,6-11,14,16,21H,5,12-13,15,23H2,1-3H3,(H,24,25);1H. The number of ether oxygens (including phenoxy) is 2. The molecule has 5 nitrogen and oxygen atoms in total. The van der Waals surface area contributed by atoms with Crippen LogP contribution in [0.4, 0.5) is 0 Å². The van der Waals surface area contributed by atoms with Crippen LogP contribution in [0.1, 0.15) is 53.7 Å². The first-order chi connectivity index (χ1) is 13.0. The fourth-order valence-electron chi connectivity index (χ4n) is 2.67. The van der Waals surface area contributed by atoms with Crippen molar-refractivity contribution in [1.82, 2.24) is 5.32 Å². The first-order valence-electron chi connectivity index (χ1n) is 9.36. The van der Waals surface area contributed by atoms with Crippen molar-refractivity contribution in [1.29, 1.82) is 0 Å². The van der Waals surface area contributed by atoms with E-state index in [2.05, 4.69) is 31.3 Å². The molecule has 1 atom stereocenters. The summed E-state index contributed by atoms with van der Waals surface area (Å²) in [6.07, 6.45) is 0.803. The number of nitrogens with two attached hydrogens (primary N) is 1. The predicted molar refractivity (Wildman–Crippen MR) is 115 cm³/mol. The normalized spacial score (nSPS) is 11.6. The van der Waals surface area contributed by atoms with Gasteiger partial charge in [-0.05, 0) is 35.2 Å². The van der Waals surface area contributed by atoms with Gasteiger partial charge in [-0.1, -0.05) is 44.2 Å². The van der Waals surface area contributed by atoms with E-state index in [-0.39, 0.29) is 24.4 Å². The van der Waals surface area contributed by atoms with Crippen molar-refractivity contribution >= 4 is 18.3 Å². The Morgan fingerprint density at radius 1 is 1.07 bits per heavy atom. The van der Waals surface area contributed by atoms with E-state index in [9.17, 15) is 4.79 Å². The summed E-state index contributed by atoms with van der Waals surface area (Å²) in [7, 11) is 1.66. The summed E-state index contributed by atoms with van der Waals surface area (Å²) in [5, 5.41) is 2.90. The second kappa shape index (κ2) is 12.4. The van der Waals surface area contributed by atoms with Gasteiger partial charge in [-0.3, -0.25) is 4.79 Å². The maximum atomic E-state index is 12.4. The summed E-state index contributed by atoms with van der Waals surface area (Å²) in [6.45, 7) is 5.89. The van der Waals surface area contributed by atoms with Crippen LogP contribution in [0.25, 0.3) is 0 Å². The van der Waals surface area contributed by atoms with Crippen molar-refractivity contribution in [2.24, 2.45) is 5.73 Å². The van der Waals surface area contributed by atoms with E-state index in [0.29, 0.717) is 37.0 Å². The number of rotatable bonds is 10. The highest BCUT2D eigenvalue weighted by molar-refractivity contribution is 5.94. The minimum Gasteiger partial charge on any atom is -0.493 e. The first-order valence-corrected chi connectivity index (χ1v) is 9.36. The highest BCUT2D eigenvalue weighted by Crippen LogP contribution is 2.18. The van der Waals surface area contributed by atoms with Gasteiger partial charge in [-0.25, -0.2) is 0 Å². The lowest BCUT2D eigenvalue weighted by Gasteiger charge is -2.15. The van der Waals surface area contributed by atoms with Crippen LogP contribution in [0.15, 0.2) is 48.5 Å². The van der Waals surface area contributed by atoms with Gasteiger partial charge in [0.2, 0.25) is 0 Å². The Balaban J connectivity index is 0.00000392. The monoisotopic (exact) mass is 406 g/mol. The molecule has 154 valence electrons. The molecule has 2 aromatic carbocycles. The summed E-state index contributed by atoms with van der Waals surface area (Å²) >= 11 is 0. The number of amides is 1. The fraction of sp³-hybridized carbons (Fsp3) is 0.409. The lowest BCUT2D eigenvalue weighted by atomic mass is 9.99. The molecule has 0 radical (unpaired) electrons. The second-order valence-corrected chi connectivity index (χ2v) is 6.86. The highest BCUT2D eigenvalue weighted by atomic mass is 35.5. The largest absolute Gasteiger partial charge is 0.493 e. The van der Waals surface area contributed by atoms with Crippen LogP contribution in [-0.2, 0) is 4.74 Å². The number of hydrogen-bond acceptors (Lipinski definition) is 4. The molecular formula is C22H31ClN2O3. The van der Waals surface area contributed by atoms with Gasteiger partial charge in [0.1, 0.15) is 5.75 Å². The van der Waals surface area contributed by atoms with Crippen molar-refractivity contribution in [2.45, 2.75) is 32.2 Å². The van der Waals surface area contributed by atoms with E-state index in [4.69, 9.17) is 15.2 Å². The molecule has 0 heterocycles. The lowest BCUT2D eigenvalue weighted by Crippen LogP contribution is -2.31. The number of carbonyl (C=O) groups excluding carboxylic acids is 1. The molecule has 0 aliphatic heterocycles. The van der Waals surface area contributed by atoms with Gasteiger partial charge >= 0.3 is 0 Å². The fourth-order valence-corrected chi connectivity index (χ4v) is 2.67. The molecule has 2 aromatic rings. The van der Waals surface area contributed by atoms with E-state index in [1.165, 1.54) is 5.56 Å². The lowest BCUT2D eigenvalue weighted by molar-refractivity contribution is 0.0950. The Hall–Kier alpha value is -2.08. The third-order valence-corrected chi connectivity index (χ3v) is 4.37. The SMILES string of the molecule is COCCCOc1cccc(C(=O)NCC(N)c2ccc(C(C)C)cc2)c1.Cl. The molecule has 2 rings (SSSR count). The Kier molecular flexibility index (Phi) is 10.6. The van der Waals surface area contributed by atoms with Crippen molar-refractivity contribution in [3.8, 4) is 5.75 Å². The molecule has 0 fully saturated rings. The Morgan fingerprint density at radius 2 is 1.75 bits per heavy atom. The van der Waals surface area contributed by atoms with Crippen LogP contribution < -0.4 is 15.8 Å². The zero-order chi connectivity index (χ0) is 19.6. The number of carbonyl (C=O) groups is 1. The highest BCUT2D eigenvalue weighted by Gasteiger charge is 2.11. The summed E-state index contributed by atoms with van der Waals surface area (Å²) < 4.78 is 10.6. The molecule has 0 aromatic heterocycles. The Labute approximate surface area is 174 Å². The third kappa shape index (κ3) is 7.50. The van der Waals surface area contributed by atoms with Gasteiger partial charge in [0, 0.05) is 38.3 Å². The molecule has 0 saturated carbocycles. The van der Waals surface area contributed by atoms with E-state index in [0.717, 1.165) is 12.0 Å². The number of nitrogens with one attached hydrogen (secondary N) is 1. The van der Waals surface area contributed by atoms with Gasteiger partial charge < -0.3 is 20.5 Å². The Bertz CT molecular complexity index is 720. The predicted octanol–water partition coefficient (Wildman–Crippen LogP) is 4.08. The molecule has 1 amide bonds. The number of hydrogen-bond donors (Lipinski definition) is 2. The van der Waals surface area contributed by atoms with E-state index >= 15 is 0 Å². The topological polar surface area (TPSA) is 73.6 Å². The van der Waals surface area contributed by atoms with Gasteiger partial charge in [-0.2, -0.15) is 0 Å².